The highest BCUT2D eigenvalue weighted by Crippen LogP contribution is 2.19. The second kappa shape index (κ2) is 7.24. The van der Waals surface area contributed by atoms with Crippen molar-refractivity contribution in [1.29, 1.82) is 0 Å². The van der Waals surface area contributed by atoms with Gasteiger partial charge in [-0.2, -0.15) is 0 Å². The molecule has 1 aromatic heterocycles. The highest BCUT2D eigenvalue weighted by Gasteiger charge is 2.08. The first-order chi connectivity index (χ1) is 8.04. The Balaban J connectivity index is 2.86. The molecule has 0 bridgehead atoms. The predicted molar refractivity (Wildman–Crippen MR) is 75.9 cm³/mol. The summed E-state index contributed by atoms with van der Waals surface area (Å²) < 4.78 is 6.61. The molecule has 0 atom stereocenters. The van der Waals surface area contributed by atoms with Gasteiger partial charge < -0.3 is 9.72 Å². The molecule has 96 valence electrons. The Labute approximate surface area is 116 Å². The van der Waals surface area contributed by atoms with Crippen LogP contribution in [0, 0.1) is 10.6 Å². The van der Waals surface area contributed by atoms with Gasteiger partial charge in [-0.3, -0.25) is 0 Å². The first kappa shape index (κ1) is 14.8. The Bertz CT molecular complexity index is 417. The van der Waals surface area contributed by atoms with Crippen molar-refractivity contribution in [2.75, 3.05) is 13.7 Å². The maximum absolute atomic E-state index is 5.25. The lowest BCUT2D eigenvalue weighted by Gasteiger charge is -2.10. The second-order valence-corrected chi connectivity index (χ2v) is 5.66. The van der Waals surface area contributed by atoms with Gasteiger partial charge in [0.1, 0.15) is 10.5 Å². The van der Waals surface area contributed by atoms with Gasteiger partial charge >= 0.3 is 0 Å². The molecule has 5 heteroatoms. The molecule has 1 rings (SSSR count). The molecule has 3 nitrogen and oxygen atoms in total. The summed E-state index contributed by atoms with van der Waals surface area (Å²) >= 11 is 8.75. The Kier molecular flexibility index (Phi) is 6.30. The van der Waals surface area contributed by atoms with E-state index in [-0.39, 0.29) is 0 Å². The van der Waals surface area contributed by atoms with E-state index >= 15 is 0 Å². The van der Waals surface area contributed by atoms with E-state index in [0.29, 0.717) is 10.6 Å². The number of hydrogen-bond donors (Lipinski definition) is 1. The molecule has 0 aliphatic carbocycles. The van der Waals surface area contributed by atoms with Crippen LogP contribution in [0.4, 0.5) is 0 Å². The van der Waals surface area contributed by atoms with Gasteiger partial charge in [0, 0.05) is 25.8 Å². The zero-order valence-corrected chi connectivity index (χ0v) is 12.9. The summed E-state index contributed by atoms with van der Waals surface area (Å²) in [5, 5.41) is 0. The van der Waals surface area contributed by atoms with E-state index in [9.17, 15) is 0 Å². The van der Waals surface area contributed by atoms with Crippen molar-refractivity contribution in [2.24, 2.45) is 5.92 Å². The van der Waals surface area contributed by atoms with Crippen LogP contribution in [0.15, 0.2) is 4.47 Å². The summed E-state index contributed by atoms with van der Waals surface area (Å²) in [6, 6.07) is 0. The molecule has 0 aliphatic rings. The molecule has 0 fully saturated rings. The molecule has 1 N–H and O–H groups in total. The molecule has 0 aliphatic heterocycles. The average molecular weight is 319 g/mol. The number of halogens is 1. The van der Waals surface area contributed by atoms with Gasteiger partial charge in [0.15, 0.2) is 0 Å². The zero-order valence-electron chi connectivity index (χ0n) is 10.5. The Morgan fingerprint density at radius 3 is 2.76 bits per heavy atom. The van der Waals surface area contributed by atoms with Gasteiger partial charge in [-0.1, -0.05) is 26.1 Å². The van der Waals surface area contributed by atoms with E-state index in [0.717, 1.165) is 41.9 Å². The lowest BCUT2D eigenvalue weighted by molar-refractivity contribution is 0.194. The summed E-state index contributed by atoms with van der Waals surface area (Å²) in [6.07, 6.45) is 2.80. The third kappa shape index (κ3) is 4.85. The van der Waals surface area contributed by atoms with Crippen molar-refractivity contribution in [3.8, 4) is 0 Å². The van der Waals surface area contributed by atoms with E-state index < -0.39 is 0 Å². The van der Waals surface area contributed by atoms with Gasteiger partial charge in [0.25, 0.3) is 0 Å². The first-order valence-electron chi connectivity index (χ1n) is 5.81. The van der Waals surface area contributed by atoms with Crippen LogP contribution in [0.1, 0.15) is 31.8 Å². The number of H-pyrrole nitrogens is 1. The highest BCUT2D eigenvalue weighted by molar-refractivity contribution is 9.10. The maximum atomic E-state index is 5.25. The van der Waals surface area contributed by atoms with Crippen LogP contribution in [0.5, 0.6) is 0 Å². The first-order valence-corrected chi connectivity index (χ1v) is 7.01. The Morgan fingerprint density at radius 1 is 1.47 bits per heavy atom. The summed E-state index contributed by atoms with van der Waals surface area (Å²) in [6.45, 7) is 5.13. The van der Waals surface area contributed by atoms with Gasteiger partial charge in [0.2, 0.25) is 0 Å². The Hall–Kier alpha value is -0.260. The van der Waals surface area contributed by atoms with Crippen LogP contribution >= 0.6 is 28.1 Å². The van der Waals surface area contributed by atoms with E-state index in [2.05, 4.69) is 39.7 Å². The fourth-order valence-electron chi connectivity index (χ4n) is 1.61. The van der Waals surface area contributed by atoms with Gasteiger partial charge in [-0.25, -0.2) is 4.98 Å². The molecule has 1 aromatic rings. The van der Waals surface area contributed by atoms with Crippen LogP contribution in [0.25, 0.3) is 0 Å². The monoisotopic (exact) mass is 318 g/mol. The standard InChI is InChI=1S/C12H19BrN2OS/c1-8(2)7-9-11(13)12(17)15-10(14-9)5-4-6-16-3/h8H,4-7H2,1-3H3,(H,14,15,17). The SMILES string of the molecule is COCCCc1nc(=S)c(Br)c(CC(C)C)[nH]1. The molecule has 0 spiro atoms. The smallest absolute Gasteiger partial charge is 0.144 e. The molecule has 1 heterocycles. The fourth-order valence-corrected chi connectivity index (χ4v) is 2.19. The predicted octanol–water partition coefficient (Wildman–Crippen LogP) is 3.68. The number of aryl methyl sites for hydroxylation is 1. The number of methoxy groups -OCH3 is 1. The van der Waals surface area contributed by atoms with Crippen LogP contribution in [-0.2, 0) is 17.6 Å². The van der Waals surface area contributed by atoms with Crippen LogP contribution in [0.2, 0.25) is 0 Å². The van der Waals surface area contributed by atoms with Crippen molar-refractivity contribution >= 4 is 28.1 Å². The van der Waals surface area contributed by atoms with Crippen molar-refractivity contribution in [2.45, 2.75) is 33.1 Å². The molecular formula is C12H19BrN2OS. The Morgan fingerprint density at radius 2 is 2.18 bits per heavy atom. The maximum Gasteiger partial charge on any atom is 0.144 e. The van der Waals surface area contributed by atoms with Crippen molar-refractivity contribution in [3.05, 3.63) is 20.6 Å². The zero-order chi connectivity index (χ0) is 12.8. The van der Waals surface area contributed by atoms with Crippen molar-refractivity contribution < 1.29 is 4.74 Å². The van der Waals surface area contributed by atoms with Crippen molar-refractivity contribution in [1.82, 2.24) is 9.97 Å². The summed E-state index contributed by atoms with van der Waals surface area (Å²) in [5.74, 6) is 1.54. The average Bonchev–Trinajstić information content (AvgIpc) is 2.25. The molecule has 0 unspecified atom stereocenters. The molecule has 0 aromatic carbocycles. The lowest BCUT2D eigenvalue weighted by atomic mass is 10.1. The normalized spacial score (nSPS) is 11.1. The number of hydrogen-bond acceptors (Lipinski definition) is 3. The molecule has 0 radical (unpaired) electrons. The van der Waals surface area contributed by atoms with E-state index in [1.54, 1.807) is 7.11 Å². The van der Waals surface area contributed by atoms with Crippen LogP contribution < -0.4 is 0 Å². The number of nitrogens with zero attached hydrogens (tertiary/aromatic N) is 1. The topological polar surface area (TPSA) is 37.9 Å². The second-order valence-electron chi connectivity index (χ2n) is 4.48. The number of rotatable bonds is 6. The van der Waals surface area contributed by atoms with E-state index in [1.165, 1.54) is 0 Å². The van der Waals surface area contributed by atoms with Crippen LogP contribution in [-0.4, -0.2) is 23.7 Å². The number of aromatic nitrogens is 2. The van der Waals surface area contributed by atoms with E-state index in [1.807, 2.05) is 0 Å². The fraction of sp³-hybridized carbons (Fsp3) is 0.667. The number of nitrogens with one attached hydrogen (secondary N) is 1. The largest absolute Gasteiger partial charge is 0.385 e. The van der Waals surface area contributed by atoms with Crippen molar-refractivity contribution in [3.63, 3.8) is 0 Å². The molecule has 0 saturated heterocycles. The third-order valence-electron chi connectivity index (χ3n) is 2.36. The highest BCUT2D eigenvalue weighted by atomic mass is 79.9. The summed E-state index contributed by atoms with van der Waals surface area (Å²) in [5.41, 5.74) is 1.15. The quantitative estimate of drug-likeness (QED) is 0.642. The molecular weight excluding hydrogens is 300 g/mol. The number of aromatic amines is 1. The minimum absolute atomic E-state index is 0.589. The van der Waals surface area contributed by atoms with E-state index in [4.69, 9.17) is 17.0 Å². The van der Waals surface area contributed by atoms with Gasteiger partial charge in [-0.15, -0.1) is 0 Å². The minimum Gasteiger partial charge on any atom is -0.385 e. The van der Waals surface area contributed by atoms with Gasteiger partial charge in [0.05, 0.1) is 4.47 Å². The molecule has 17 heavy (non-hydrogen) atoms. The van der Waals surface area contributed by atoms with Crippen LogP contribution in [0.3, 0.4) is 0 Å². The third-order valence-corrected chi connectivity index (χ3v) is 3.77. The summed E-state index contributed by atoms with van der Waals surface area (Å²) in [4.78, 5) is 7.73. The molecule has 0 amide bonds. The summed E-state index contributed by atoms with van der Waals surface area (Å²) in [7, 11) is 1.71. The lowest BCUT2D eigenvalue weighted by Crippen LogP contribution is -2.06. The molecule has 0 saturated carbocycles. The number of ether oxygens (including phenoxy) is 1. The van der Waals surface area contributed by atoms with Gasteiger partial charge in [-0.05, 0) is 34.7 Å². The minimum atomic E-state index is 0.589.